The second kappa shape index (κ2) is 8.58. The Labute approximate surface area is 144 Å². The molecule has 1 amide bonds. The first-order valence-corrected chi connectivity index (χ1v) is 7.51. The van der Waals surface area contributed by atoms with Crippen LogP contribution in [0.25, 0.3) is 0 Å². The van der Waals surface area contributed by atoms with Crippen molar-refractivity contribution < 1.29 is 23.5 Å². The predicted molar refractivity (Wildman–Crippen MR) is 89.8 cm³/mol. The maximum Gasteiger partial charge on any atom is 0.356 e. The molecule has 0 saturated heterocycles. The van der Waals surface area contributed by atoms with E-state index in [2.05, 4.69) is 16.9 Å². The van der Waals surface area contributed by atoms with Crippen LogP contribution in [0.4, 0.5) is 10.1 Å². The lowest BCUT2D eigenvalue weighted by atomic mass is 10.2. The van der Waals surface area contributed by atoms with Crippen LogP contribution in [0.1, 0.15) is 23.0 Å². The Morgan fingerprint density at radius 1 is 1.32 bits per heavy atom. The Kier molecular flexibility index (Phi) is 6.22. The van der Waals surface area contributed by atoms with Crippen LogP contribution in [-0.2, 0) is 16.1 Å². The Morgan fingerprint density at radius 3 is 2.72 bits per heavy atom. The van der Waals surface area contributed by atoms with E-state index < -0.39 is 17.7 Å². The van der Waals surface area contributed by atoms with E-state index >= 15 is 0 Å². The van der Waals surface area contributed by atoms with Gasteiger partial charge >= 0.3 is 5.97 Å². The van der Waals surface area contributed by atoms with Gasteiger partial charge in [0.15, 0.2) is 11.6 Å². The fourth-order valence-corrected chi connectivity index (χ4v) is 1.89. The highest BCUT2D eigenvalue weighted by Crippen LogP contribution is 2.22. The second-order valence-corrected chi connectivity index (χ2v) is 4.90. The molecule has 7 heteroatoms. The molecule has 2 aromatic rings. The lowest BCUT2D eigenvalue weighted by molar-refractivity contribution is -0.111. The molecular weight excluding hydrogens is 327 g/mol. The number of hydrogen-bond acceptors (Lipinski definition) is 5. The topological polar surface area (TPSA) is 77.5 Å². The van der Waals surface area contributed by atoms with E-state index in [9.17, 15) is 14.0 Å². The third-order valence-corrected chi connectivity index (χ3v) is 3.09. The van der Waals surface area contributed by atoms with E-state index in [-0.39, 0.29) is 24.7 Å². The van der Waals surface area contributed by atoms with Gasteiger partial charge < -0.3 is 14.8 Å². The third kappa shape index (κ3) is 5.13. The SMILES string of the molecule is C=CC(=O)Nc1ccc(OCc2ccc(C(=O)OCC)nc2)c(F)c1. The molecule has 25 heavy (non-hydrogen) atoms. The first-order valence-electron chi connectivity index (χ1n) is 7.51. The number of pyridine rings is 1. The number of benzene rings is 1. The number of amides is 1. The standard InChI is InChI=1S/C18H17FN2O4/c1-3-17(22)21-13-6-8-16(14(19)9-13)25-11-12-5-7-15(20-10-12)18(23)24-4-2/h3,5-10H,1,4,11H2,2H3,(H,21,22). The highest BCUT2D eigenvalue weighted by atomic mass is 19.1. The Bertz CT molecular complexity index is 775. The van der Waals surface area contributed by atoms with E-state index in [0.717, 1.165) is 12.1 Å². The van der Waals surface area contributed by atoms with E-state index in [0.29, 0.717) is 11.3 Å². The number of carbonyl (C=O) groups excluding carboxylic acids is 2. The molecule has 1 heterocycles. The minimum absolute atomic E-state index is 0.0334. The number of nitrogens with one attached hydrogen (secondary N) is 1. The van der Waals surface area contributed by atoms with E-state index in [4.69, 9.17) is 9.47 Å². The molecule has 0 spiro atoms. The Morgan fingerprint density at radius 2 is 2.12 bits per heavy atom. The van der Waals surface area contributed by atoms with Crippen molar-refractivity contribution in [2.75, 3.05) is 11.9 Å². The number of rotatable bonds is 7. The largest absolute Gasteiger partial charge is 0.486 e. The van der Waals surface area contributed by atoms with Crippen molar-refractivity contribution in [1.29, 1.82) is 0 Å². The van der Waals surface area contributed by atoms with Gasteiger partial charge in [0, 0.05) is 23.5 Å². The summed E-state index contributed by atoms with van der Waals surface area (Å²) in [6, 6.07) is 7.24. The van der Waals surface area contributed by atoms with Crippen LogP contribution in [0.15, 0.2) is 49.2 Å². The quantitative estimate of drug-likeness (QED) is 0.617. The molecule has 1 aromatic heterocycles. The van der Waals surface area contributed by atoms with Crippen molar-refractivity contribution in [2.24, 2.45) is 0 Å². The fraction of sp³-hybridized carbons (Fsp3) is 0.167. The van der Waals surface area contributed by atoms with Gasteiger partial charge in [-0.1, -0.05) is 12.6 Å². The summed E-state index contributed by atoms with van der Waals surface area (Å²) >= 11 is 0. The summed E-state index contributed by atoms with van der Waals surface area (Å²) in [6.45, 7) is 5.38. The molecule has 0 bridgehead atoms. The number of anilines is 1. The molecule has 1 N–H and O–H groups in total. The van der Waals surface area contributed by atoms with Crippen LogP contribution >= 0.6 is 0 Å². The molecule has 0 aliphatic carbocycles. The molecule has 0 aliphatic heterocycles. The number of nitrogens with zero attached hydrogens (tertiary/aromatic N) is 1. The average molecular weight is 344 g/mol. The highest BCUT2D eigenvalue weighted by molar-refractivity contribution is 5.98. The highest BCUT2D eigenvalue weighted by Gasteiger charge is 2.09. The maximum atomic E-state index is 14.0. The van der Waals surface area contributed by atoms with Crippen molar-refractivity contribution >= 4 is 17.6 Å². The van der Waals surface area contributed by atoms with Gasteiger partial charge in [-0.25, -0.2) is 14.2 Å². The number of esters is 1. The van der Waals surface area contributed by atoms with Gasteiger partial charge in [-0.3, -0.25) is 4.79 Å². The molecular formula is C18H17FN2O4. The smallest absolute Gasteiger partial charge is 0.356 e. The molecule has 0 fully saturated rings. The van der Waals surface area contributed by atoms with Crippen LogP contribution in [0, 0.1) is 5.82 Å². The van der Waals surface area contributed by atoms with Gasteiger partial charge in [0.25, 0.3) is 0 Å². The number of aromatic nitrogens is 1. The zero-order valence-corrected chi connectivity index (χ0v) is 13.6. The summed E-state index contributed by atoms with van der Waals surface area (Å²) in [4.78, 5) is 26.7. The lowest BCUT2D eigenvalue weighted by Crippen LogP contribution is -2.08. The van der Waals surface area contributed by atoms with Crippen LogP contribution in [-0.4, -0.2) is 23.5 Å². The minimum Gasteiger partial charge on any atom is -0.486 e. The summed E-state index contributed by atoms with van der Waals surface area (Å²) in [7, 11) is 0. The van der Waals surface area contributed by atoms with Crippen LogP contribution in [0.3, 0.4) is 0 Å². The van der Waals surface area contributed by atoms with Crippen molar-refractivity contribution in [2.45, 2.75) is 13.5 Å². The normalized spacial score (nSPS) is 10.0. The van der Waals surface area contributed by atoms with E-state index in [1.807, 2.05) is 0 Å². The first-order chi connectivity index (χ1) is 12.0. The van der Waals surface area contributed by atoms with Crippen molar-refractivity contribution in [1.82, 2.24) is 4.98 Å². The summed E-state index contributed by atoms with van der Waals surface area (Å²) in [5.74, 6) is -1.51. The third-order valence-electron chi connectivity index (χ3n) is 3.09. The molecule has 0 atom stereocenters. The number of hydrogen-bond donors (Lipinski definition) is 1. The molecule has 130 valence electrons. The molecule has 0 aliphatic rings. The zero-order valence-electron chi connectivity index (χ0n) is 13.6. The van der Waals surface area contributed by atoms with E-state index in [1.54, 1.807) is 13.0 Å². The molecule has 0 saturated carbocycles. The van der Waals surface area contributed by atoms with Gasteiger partial charge in [-0.2, -0.15) is 0 Å². The minimum atomic E-state index is -0.613. The monoisotopic (exact) mass is 344 g/mol. The second-order valence-electron chi connectivity index (χ2n) is 4.90. The van der Waals surface area contributed by atoms with Gasteiger partial charge in [0.1, 0.15) is 12.3 Å². The van der Waals surface area contributed by atoms with E-state index in [1.165, 1.54) is 24.4 Å². The van der Waals surface area contributed by atoms with Gasteiger partial charge in [0.05, 0.1) is 6.61 Å². The van der Waals surface area contributed by atoms with Crippen LogP contribution < -0.4 is 10.1 Å². The van der Waals surface area contributed by atoms with Crippen LogP contribution in [0.2, 0.25) is 0 Å². The summed E-state index contributed by atoms with van der Waals surface area (Å²) < 4.78 is 24.2. The number of halogens is 1. The lowest BCUT2D eigenvalue weighted by Gasteiger charge is -2.09. The predicted octanol–water partition coefficient (Wildman–Crippen LogP) is 3.10. The van der Waals surface area contributed by atoms with Crippen molar-refractivity contribution in [3.63, 3.8) is 0 Å². The molecule has 2 rings (SSSR count). The van der Waals surface area contributed by atoms with Crippen LogP contribution in [0.5, 0.6) is 5.75 Å². The zero-order chi connectivity index (χ0) is 18.2. The van der Waals surface area contributed by atoms with Gasteiger partial charge in [0.2, 0.25) is 5.91 Å². The molecule has 0 radical (unpaired) electrons. The van der Waals surface area contributed by atoms with Crippen molar-refractivity contribution in [3.8, 4) is 5.75 Å². The summed E-state index contributed by atoms with van der Waals surface area (Å²) in [6.07, 6.45) is 2.55. The maximum absolute atomic E-state index is 14.0. The summed E-state index contributed by atoms with van der Waals surface area (Å²) in [5, 5.41) is 2.45. The molecule has 6 nitrogen and oxygen atoms in total. The fourth-order valence-electron chi connectivity index (χ4n) is 1.89. The number of ether oxygens (including phenoxy) is 2. The van der Waals surface area contributed by atoms with Gasteiger partial charge in [-0.15, -0.1) is 0 Å². The van der Waals surface area contributed by atoms with Crippen molar-refractivity contribution in [3.05, 3.63) is 66.3 Å². The van der Waals surface area contributed by atoms with Gasteiger partial charge in [-0.05, 0) is 31.2 Å². The molecule has 0 unspecified atom stereocenters. The average Bonchev–Trinajstić information content (AvgIpc) is 2.61. The number of carbonyl (C=O) groups is 2. The Balaban J connectivity index is 1.98. The summed E-state index contributed by atoms with van der Waals surface area (Å²) in [5.41, 5.74) is 1.16. The first kappa shape index (κ1) is 18.1. The Hall–Kier alpha value is -3.22. The molecule has 1 aromatic carbocycles.